The molecule has 5 nitrogen and oxygen atoms in total. The fraction of sp³-hybridized carbons (Fsp3) is 0.900. The first kappa shape index (κ1) is 13.4. The lowest BCUT2D eigenvalue weighted by Crippen LogP contribution is -2.32. The third-order valence-corrected chi connectivity index (χ3v) is 4.59. The highest BCUT2D eigenvalue weighted by atomic mass is 32.2. The van der Waals surface area contributed by atoms with Gasteiger partial charge in [0.1, 0.15) is 0 Å². The summed E-state index contributed by atoms with van der Waals surface area (Å²) in [5.74, 6) is -1.05. The van der Waals surface area contributed by atoms with Crippen LogP contribution >= 0.6 is 0 Å². The first-order valence-electron chi connectivity index (χ1n) is 5.58. The van der Waals surface area contributed by atoms with Crippen LogP contribution < -0.4 is 4.72 Å². The maximum Gasteiger partial charge on any atom is 0.303 e. The standard InChI is InChI=1S/C10H19NO4S/c1-2-10(5-6-10)8-11-16(14,15)7-3-4-9(12)13/h11H,2-8H2,1H3,(H,12,13). The van der Waals surface area contributed by atoms with Crippen molar-refractivity contribution in [3.8, 4) is 0 Å². The van der Waals surface area contributed by atoms with Crippen LogP contribution in [0.5, 0.6) is 0 Å². The molecule has 0 aromatic rings. The van der Waals surface area contributed by atoms with Crippen molar-refractivity contribution in [3.05, 3.63) is 0 Å². The molecule has 1 aliphatic rings. The van der Waals surface area contributed by atoms with Gasteiger partial charge in [-0.2, -0.15) is 0 Å². The van der Waals surface area contributed by atoms with Gasteiger partial charge in [0.05, 0.1) is 5.75 Å². The average molecular weight is 249 g/mol. The minimum Gasteiger partial charge on any atom is -0.481 e. The van der Waals surface area contributed by atoms with E-state index >= 15 is 0 Å². The zero-order valence-electron chi connectivity index (χ0n) is 9.53. The van der Waals surface area contributed by atoms with E-state index in [9.17, 15) is 13.2 Å². The molecule has 6 heteroatoms. The number of hydrogen-bond acceptors (Lipinski definition) is 3. The van der Waals surface area contributed by atoms with Crippen LogP contribution in [0.3, 0.4) is 0 Å². The molecule has 0 heterocycles. The Labute approximate surface area is 96.3 Å². The highest BCUT2D eigenvalue weighted by molar-refractivity contribution is 7.89. The van der Waals surface area contributed by atoms with Gasteiger partial charge in [0.15, 0.2) is 0 Å². The number of carboxylic acid groups (broad SMARTS) is 1. The molecule has 0 amide bonds. The average Bonchev–Trinajstić information content (AvgIpc) is 2.95. The summed E-state index contributed by atoms with van der Waals surface area (Å²) < 4.78 is 25.6. The monoisotopic (exact) mass is 249 g/mol. The van der Waals surface area contributed by atoms with Crippen LogP contribution in [0.15, 0.2) is 0 Å². The van der Waals surface area contributed by atoms with E-state index < -0.39 is 16.0 Å². The highest BCUT2D eigenvalue weighted by Gasteiger charge is 2.41. The Kier molecular flexibility index (Phi) is 4.32. The number of sulfonamides is 1. The summed E-state index contributed by atoms with van der Waals surface area (Å²) in [6, 6.07) is 0. The third kappa shape index (κ3) is 4.49. The van der Waals surface area contributed by atoms with Gasteiger partial charge in [0.25, 0.3) is 0 Å². The van der Waals surface area contributed by atoms with E-state index in [2.05, 4.69) is 11.6 Å². The second kappa shape index (κ2) is 5.14. The summed E-state index contributed by atoms with van der Waals surface area (Å²) in [7, 11) is -3.29. The van der Waals surface area contributed by atoms with Crippen molar-refractivity contribution in [2.45, 2.75) is 39.0 Å². The Morgan fingerprint density at radius 2 is 2.06 bits per heavy atom. The lowest BCUT2D eigenvalue weighted by atomic mass is 10.1. The predicted octanol–water partition coefficient (Wildman–Crippen LogP) is 0.961. The maximum absolute atomic E-state index is 11.5. The molecule has 1 aliphatic carbocycles. The van der Waals surface area contributed by atoms with Gasteiger partial charge in [0.2, 0.25) is 10.0 Å². The number of rotatable bonds is 8. The van der Waals surface area contributed by atoms with Crippen LogP contribution in [0.4, 0.5) is 0 Å². The number of nitrogens with one attached hydrogen (secondary N) is 1. The lowest BCUT2D eigenvalue weighted by molar-refractivity contribution is -0.137. The number of hydrogen-bond donors (Lipinski definition) is 2. The van der Waals surface area contributed by atoms with Gasteiger partial charge in [-0.3, -0.25) is 4.79 Å². The van der Waals surface area contributed by atoms with E-state index in [4.69, 9.17) is 5.11 Å². The topological polar surface area (TPSA) is 83.5 Å². The smallest absolute Gasteiger partial charge is 0.303 e. The molecule has 0 aromatic carbocycles. The van der Waals surface area contributed by atoms with Crippen molar-refractivity contribution < 1.29 is 18.3 Å². The second-order valence-corrected chi connectivity index (χ2v) is 6.42. The molecule has 0 unspecified atom stereocenters. The fourth-order valence-corrected chi connectivity index (χ4v) is 2.78. The van der Waals surface area contributed by atoms with Crippen molar-refractivity contribution >= 4 is 16.0 Å². The molecule has 1 saturated carbocycles. The van der Waals surface area contributed by atoms with Gasteiger partial charge >= 0.3 is 5.97 Å². The Balaban J connectivity index is 2.26. The van der Waals surface area contributed by atoms with Crippen molar-refractivity contribution in [2.75, 3.05) is 12.3 Å². The highest BCUT2D eigenvalue weighted by Crippen LogP contribution is 2.47. The summed E-state index contributed by atoms with van der Waals surface area (Å²) in [5, 5.41) is 8.40. The summed E-state index contributed by atoms with van der Waals surface area (Å²) in [5.41, 5.74) is 0.180. The van der Waals surface area contributed by atoms with E-state index in [-0.39, 0.29) is 24.0 Å². The Morgan fingerprint density at radius 1 is 1.44 bits per heavy atom. The van der Waals surface area contributed by atoms with Crippen LogP contribution in [0.25, 0.3) is 0 Å². The molecular formula is C10H19NO4S. The quantitative estimate of drug-likeness (QED) is 0.671. The first-order chi connectivity index (χ1) is 7.39. The van der Waals surface area contributed by atoms with Gasteiger partial charge in [0, 0.05) is 13.0 Å². The molecule has 0 spiro atoms. The van der Waals surface area contributed by atoms with Crippen molar-refractivity contribution in [1.82, 2.24) is 4.72 Å². The summed E-state index contributed by atoms with van der Waals surface area (Å²) in [6.07, 6.45) is 3.23. The zero-order valence-corrected chi connectivity index (χ0v) is 10.3. The van der Waals surface area contributed by atoms with E-state index in [0.717, 1.165) is 19.3 Å². The van der Waals surface area contributed by atoms with Crippen LogP contribution in [0.2, 0.25) is 0 Å². The maximum atomic E-state index is 11.5. The molecule has 0 aliphatic heterocycles. The molecule has 0 radical (unpaired) electrons. The van der Waals surface area contributed by atoms with Crippen LogP contribution in [0.1, 0.15) is 39.0 Å². The third-order valence-electron chi connectivity index (χ3n) is 3.18. The Hall–Kier alpha value is -0.620. The largest absolute Gasteiger partial charge is 0.481 e. The van der Waals surface area contributed by atoms with Crippen molar-refractivity contribution in [3.63, 3.8) is 0 Å². The van der Waals surface area contributed by atoms with Gasteiger partial charge < -0.3 is 5.11 Å². The molecule has 94 valence electrons. The van der Waals surface area contributed by atoms with Crippen molar-refractivity contribution in [2.24, 2.45) is 5.41 Å². The van der Waals surface area contributed by atoms with Gasteiger partial charge in [-0.15, -0.1) is 0 Å². The molecular weight excluding hydrogens is 230 g/mol. The zero-order chi connectivity index (χ0) is 12.2. The van der Waals surface area contributed by atoms with E-state index in [0.29, 0.717) is 6.54 Å². The second-order valence-electron chi connectivity index (χ2n) is 4.49. The number of carbonyl (C=O) groups is 1. The van der Waals surface area contributed by atoms with Gasteiger partial charge in [-0.05, 0) is 31.1 Å². The van der Waals surface area contributed by atoms with Gasteiger partial charge in [-0.1, -0.05) is 6.92 Å². The van der Waals surface area contributed by atoms with Crippen LogP contribution in [-0.2, 0) is 14.8 Å². The Morgan fingerprint density at radius 3 is 2.50 bits per heavy atom. The number of aliphatic carboxylic acids is 1. The minimum absolute atomic E-state index is 0.0974. The molecule has 1 fully saturated rings. The Bertz CT molecular complexity index is 346. The molecule has 0 aromatic heterocycles. The minimum atomic E-state index is -3.29. The van der Waals surface area contributed by atoms with Crippen LogP contribution in [-0.4, -0.2) is 31.8 Å². The lowest BCUT2D eigenvalue weighted by Gasteiger charge is -2.13. The summed E-state index contributed by atoms with van der Waals surface area (Å²) in [4.78, 5) is 10.2. The normalized spacial score (nSPS) is 18.3. The fourth-order valence-electron chi connectivity index (χ4n) is 1.58. The molecule has 0 saturated heterocycles. The van der Waals surface area contributed by atoms with E-state index in [1.807, 2.05) is 0 Å². The van der Waals surface area contributed by atoms with Gasteiger partial charge in [-0.25, -0.2) is 13.1 Å². The molecule has 0 atom stereocenters. The first-order valence-corrected chi connectivity index (χ1v) is 7.23. The predicted molar refractivity (Wildman–Crippen MR) is 60.6 cm³/mol. The SMILES string of the molecule is CCC1(CNS(=O)(=O)CCCC(=O)O)CC1. The molecule has 2 N–H and O–H groups in total. The van der Waals surface area contributed by atoms with Crippen LogP contribution in [0, 0.1) is 5.41 Å². The molecule has 16 heavy (non-hydrogen) atoms. The molecule has 1 rings (SSSR count). The number of carboxylic acids is 1. The summed E-state index contributed by atoms with van der Waals surface area (Å²) in [6.45, 7) is 2.56. The van der Waals surface area contributed by atoms with E-state index in [1.165, 1.54) is 0 Å². The van der Waals surface area contributed by atoms with Crippen molar-refractivity contribution in [1.29, 1.82) is 0 Å². The summed E-state index contributed by atoms with van der Waals surface area (Å²) >= 11 is 0. The van der Waals surface area contributed by atoms with E-state index in [1.54, 1.807) is 0 Å². The molecule has 0 bridgehead atoms.